The number of sulfonamides is 1. The Bertz CT molecular complexity index is 992. The average Bonchev–Trinajstić information content (AvgIpc) is 3.31. The van der Waals surface area contributed by atoms with Crippen molar-refractivity contribution in [3.05, 3.63) is 46.7 Å². The standard InChI is InChI=1S/C20H23BrN4O4S/c21-16-12-22-20(23-13-16)29-17-4-3-9-24(14-17)19(26)15-5-7-18(8-6-15)30(27,28)25-10-1-2-11-25/h5-8,12-13,17H,1-4,9-11,14H2. The molecule has 0 N–H and O–H groups in total. The quantitative estimate of drug-likeness (QED) is 0.634. The fourth-order valence-corrected chi connectivity index (χ4v) is 5.48. The van der Waals surface area contributed by atoms with Crippen LogP contribution >= 0.6 is 15.9 Å². The lowest BCUT2D eigenvalue weighted by molar-refractivity contribution is 0.0515. The van der Waals surface area contributed by atoms with Crippen molar-refractivity contribution in [3.63, 3.8) is 0 Å². The molecule has 3 heterocycles. The molecule has 160 valence electrons. The second kappa shape index (κ2) is 8.99. The van der Waals surface area contributed by atoms with Gasteiger partial charge in [0, 0.05) is 37.6 Å². The lowest BCUT2D eigenvalue weighted by Gasteiger charge is -2.32. The summed E-state index contributed by atoms with van der Waals surface area (Å²) in [6, 6.07) is 6.51. The normalized spacial score (nSPS) is 20.3. The average molecular weight is 495 g/mol. The molecule has 1 aromatic carbocycles. The summed E-state index contributed by atoms with van der Waals surface area (Å²) in [5, 5.41) is 0. The van der Waals surface area contributed by atoms with Gasteiger partial charge in [0.15, 0.2) is 0 Å². The number of amides is 1. The number of hydrogen-bond donors (Lipinski definition) is 0. The molecule has 10 heteroatoms. The number of benzene rings is 1. The van der Waals surface area contributed by atoms with Crippen LogP contribution in [0.3, 0.4) is 0 Å². The molecular formula is C20H23BrN4O4S. The van der Waals surface area contributed by atoms with Gasteiger partial charge in [-0.05, 0) is 65.9 Å². The molecule has 0 bridgehead atoms. The molecular weight excluding hydrogens is 472 g/mol. The summed E-state index contributed by atoms with van der Waals surface area (Å²) in [7, 11) is -3.48. The lowest BCUT2D eigenvalue weighted by Crippen LogP contribution is -2.44. The first-order valence-corrected chi connectivity index (χ1v) is 12.2. The van der Waals surface area contributed by atoms with Gasteiger partial charge < -0.3 is 9.64 Å². The molecule has 0 radical (unpaired) electrons. The van der Waals surface area contributed by atoms with Crippen molar-refractivity contribution < 1.29 is 17.9 Å². The fraction of sp³-hybridized carbons (Fsp3) is 0.450. The van der Waals surface area contributed by atoms with Crippen LogP contribution in [0.4, 0.5) is 0 Å². The Kier molecular flexibility index (Phi) is 6.35. The summed E-state index contributed by atoms with van der Waals surface area (Å²) in [6.45, 7) is 2.18. The van der Waals surface area contributed by atoms with E-state index in [0.717, 1.165) is 30.2 Å². The van der Waals surface area contributed by atoms with Gasteiger partial charge in [0.05, 0.1) is 15.9 Å². The molecule has 2 aliphatic rings. The monoisotopic (exact) mass is 494 g/mol. The van der Waals surface area contributed by atoms with Crippen molar-refractivity contribution in [2.45, 2.75) is 36.7 Å². The number of likely N-dealkylation sites (tertiary alicyclic amines) is 1. The summed E-state index contributed by atoms with van der Waals surface area (Å²) in [4.78, 5) is 23.1. The minimum atomic E-state index is -3.48. The van der Waals surface area contributed by atoms with Crippen LogP contribution in [-0.2, 0) is 10.0 Å². The molecule has 4 rings (SSSR count). The lowest BCUT2D eigenvalue weighted by atomic mass is 10.1. The predicted molar refractivity (Wildman–Crippen MR) is 114 cm³/mol. The number of rotatable bonds is 5. The highest BCUT2D eigenvalue weighted by molar-refractivity contribution is 9.10. The summed E-state index contributed by atoms with van der Waals surface area (Å²) >= 11 is 3.29. The summed E-state index contributed by atoms with van der Waals surface area (Å²) in [5.74, 6) is -0.134. The van der Waals surface area contributed by atoms with Gasteiger partial charge in [-0.15, -0.1) is 0 Å². The van der Waals surface area contributed by atoms with Crippen LogP contribution in [0, 0.1) is 0 Å². The summed E-state index contributed by atoms with van der Waals surface area (Å²) < 4.78 is 33.4. The molecule has 2 saturated heterocycles. The highest BCUT2D eigenvalue weighted by atomic mass is 79.9. The van der Waals surface area contributed by atoms with E-state index in [2.05, 4.69) is 25.9 Å². The van der Waals surface area contributed by atoms with Crippen LogP contribution in [0.1, 0.15) is 36.0 Å². The third-order valence-corrected chi connectivity index (χ3v) is 7.66. The molecule has 0 saturated carbocycles. The molecule has 0 spiro atoms. The van der Waals surface area contributed by atoms with Crippen LogP contribution in [-0.4, -0.2) is 65.8 Å². The molecule has 1 aromatic heterocycles. The van der Waals surface area contributed by atoms with E-state index < -0.39 is 10.0 Å². The number of hydrogen-bond acceptors (Lipinski definition) is 6. The molecule has 1 amide bonds. The Morgan fingerprint density at radius 2 is 1.70 bits per heavy atom. The zero-order chi connectivity index (χ0) is 21.1. The van der Waals surface area contributed by atoms with E-state index in [1.165, 1.54) is 16.4 Å². The smallest absolute Gasteiger partial charge is 0.316 e. The van der Waals surface area contributed by atoms with Crippen LogP contribution in [0.25, 0.3) is 0 Å². The number of nitrogens with zero attached hydrogens (tertiary/aromatic N) is 4. The maximum atomic E-state index is 12.9. The third kappa shape index (κ3) is 4.65. The van der Waals surface area contributed by atoms with E-state index in [9.17, 15) is 13.2 Å². The van der Waals surface area contributed by atoms with Crippen molar-refractivity contribution in [2.24, 2.45) is 0 Å². The van der Waals surface area contributed by atoms with Gasteiger partial charge in [0.25, 0.3) is 5.91 Å². The molecule has 2 aromatic rings. The van der Waals surface area contributed by atoms with Crippen molar-refractivity contribution in [2.75, 3.05) is 26.2 Å². The van der Waals surface area contributed by atoms with Crippen molar-refractivity contribution >= 4 is 31.9 Å². The van der Waals surface area contributed by atoms with Gasteiger partial charge in [0.2, 0.25) is 10.0 Å². The molecule has 8 nitrogen and oxygen atoms in total. The minimum absolute atomic E-state index is 0.134. The highest BCUT2D eigenvalue weighted by Gasteiger charge is 2.29. The van der Waals surface area contributed by atoms with E-state index >= 15 is 0 Å². The largest absolute Gasteiger partial charge is 0.458 e. The Morgan fingerprint density at radius 1 is 1.03 bits per heavy atom. The Hall–Kier alpha value is -2.04. The number of carbonyl (C=O) groups is 1. The zero-order valence-electron chi connectivity index (χ0n) is 16.4. The first-order chi connectivity index (χ1) is 14.4. The van der Waals surface area contributed by atoms with E-state index in [-0.39, 0.29) is 22.9 Å². The second-order valence-corrected chi connectivity index (χ2v) is 10.3. The van der Waals surface area contributed by atoms with Crippen molar-refractivity contribution in [1.82, 2.24) is 19.2 Å². The maximum Gasteiger partial charge on any atom is 0.316 e. The number of ether oxygens (including phenoxy) is 1. The number of carbonyl (C=O) groups excluding carboxylic acids is 1. The number of aromatic nitrogens is 2. The SMILES string of the molecule is O=C(c1ccc(S(=O)(=O)N2CCCC2)cc1)N1CCCC(Oc2ncc(Br)cn2)C1. The molecule has 1 unspecified atom stereocenters. The molecule has 1 atom stereocenters. The number of halogens is 1. The van der Waals surface area contributed by atoms with E-state index in [4.69, 9.17) is 4.74 Å². The van der Waals surface area contributed by atoms with E-state index in [1.54, 1.807) is 29.4 Å². The number of piperidine rings is 1. The molecule has 30 heavy (non-hydrogen) atoms. The molecule has 2 aliphatic heterocycles. The Labute approximate surface area is 184 Å². The highest BCUT2D eigenvalue weighted by Crippen LogP contribution is 2.23. The minimum Gasteiger partial charge on any atom is -0.458 e. The topological polar surface area (TPSA) is 92.7 Å². The second-order valence-electron chi connectivity index (χ2n) is 7.45. The summed E-state index contributed by atoms with van der Waals surface area (Å²) in [5.41, 5.74) is 0.468. The zero-order valence-corrected chi connectivity index (χ0v) is 18.8. The molecule has 0 aliphatic carbocycles. The van der Waals surface area contributed by atoms with Gasteiger partial charge in [-0.2, -0.15) is 4.31 Å². The van der Waals surface area contributed by atoms with Crippen molar-refractivity contribution in [3.8, 4) is 6.01 Å². The van der Waals surface area contributed by atoms with Gasteiger partial charge >= 0.3 is 6.01 Å². The first kappa shape index (κ1) is 21.2. The van der Waals surface area contributed by atoms with Gasteiger partial charge in [0.1, 0.15) is 6.10 Å². The van der Waals surface area contributed by atoms with Gasteiger partial charge in [-0.1, -0.05) is 0 Å². The third-order valence-electron chi connectivity index (χ3n) is 5.34. The summed E-state index contributed by atoms with van der Waals surface area (Å²) in [6.07, 6.45) is 6.46. The van der Waals surface area contributed by atoms with Gasteiger partial charge in [-0.25, -0.2) is 18.4 Å². The van der Waals surface area contributed by atoms with Crippen LogP contribution in [0.5, 0.6) is 6.01 Å². The van der Waals surface area contributed by atoms with E-state index in [1.807, 2.05) is 0 Å². The van der Waals surface area contributed by atoms with Crippen LogP contribution < -0.4 is 4.74 Å². The fourth-order valence-electron chi connectivity index (χ4n) is 3.76. The van der Waals surface area contributed by atoms with Crippen LogP contribution in [0.2, 0.25) is 0 Å². The Morgan fingerprint density at radius 3 is 2.37 bits per heavy atom. The Balaban J connectivity index is 1.41. The van der Waals surface area contributed by atoms with E-state index in [0.29, 0.717) is 31.7 Å². The predicted octanol–water partition coefficient (Wildman–Crippen LogP) is 2.71. The van der Waals surface area contributed by atoms with Gasteiger partial charge in [-0.3, -0.25) is 4.79 Å². The maximum absolute atomic E-state index is 12.9. The van der Waals surface area contributed by atoms with Crippen LogP contribution in [0.15, 0.2) is 46.0 Å². The van der Waals surface area contributed by atoms with Crippen molar-refractivity contribution in [1.29, 1.82) is 0 Å². The molecule has 2 fully saturated rings. The first-order valence-electron chi connectivity index (χ1n) is 9.97.